The van der Waals surface area contributed by atoms with E-state index in [9.17, 15) is 9.59 Å². The molecule has 1 heterocycles. The van der Waals surface area contributed by atoms with Crippen molar-refractivity contribution in [2.45, 2.75) is 59.8 Å². The van der Waals surface area contributed by atoms with E-state index in [1.165, 1.54) is 11.1 Å². The fourth-order valence-corrected chi connectivity index (χ4v) is 4.37. The fourth-order valence-electron chi connectivity index (χ4n) is 4.37. The number of ether oxygens (including phenoxy) is 1. The average molecular weight is 478 g/mol. The number of benzene rings is 2. The number of H-pyrrole nitrogens is 1. The topological polar surface area (TPSA) is 75.3 Å². The highest BCUT2D eigenvalue weighted by atomic mass is 16.5. The molecule has 0 aliphatic carbocycles. The predicted molar refractivity (Wildman–Crippen MR) is 142 cm³/mol. The van der Waals surface area contributed by atoms with Gasteiger partial charge < -0.3 is 9.64 Å². The van der Waals surface area contributed by atoms with Crippen LogP contribution in [0.4, 0.5) is 0 Å². The van der Waals surface area contributed by atoms with Crippen molar-refractivity contribution in [2.75, 3.05) is 27.2 Å². The van der Waals surface area contributed by atoms with Crippen LogP contribution < -0.4 is 4.74 Å². The first-order valence-corrected chi connectivity index (χ1v) is 12.6. The van der Waals surface area contributed by atoms with Crippen molar-refractivity contribution in [2.24, 2.45) is 5.92 Å². The molecule has 0 fully saturated rings. The zero-order valence-electron chi connectivity index (χ0n) is 22.0. The number of hydrogen-bond acceptors (Lipinski definition) is 5. The van der Waals surface area contributed by atoms with Crippen LogP contribution >= 0.6 is 0 Å². The highest BCUT2D eigenvalue weighted by Gasteiger charge is 2.19. The van der Waals surface area contributed by atoms with E-state index in [0.717, 1.165) is 41.6 Å². The van der Waals surface area contributed by atoms with Gasteiger partial charge in [-0.05, 0) is 87.2 Å². The molecule has 2 aromatic carbocycles. The van der Waals surface area contributed by atoms with Gasteiger partial charge >= 0.3 is 0 Å². The molecule has 0 saturated heterocycles. The number of hydrogen-bond donors (Lipinski definition) is 1. The van der Waals surface area contributed by atoms with Crippen LogP contribution in [0.25, 0.3) is 10.9 Å². The lowest BCUT2D eigenvalue weighted by Gasteiger charge is -2.13. The first-order valence-electron chi connectivity index (χ1n) is 12.6. The molecule has 3 aromatic rings. The van der Waals surface area contributed by atoms with Crippen LogP contribution in [0.2, 0.25) is 0 Å². The summed E-state index contributed by atoms with van der Waals surface area (Å²) in [5.74, 6) is 1.22. The Morgan fingerprint density at radius 1 is 1.09 bits per heavy atom. The number of carbonyl (C=O) groups excluding carboxylic acids is 2. The number of Topliss-reactive ketones (excluding diaryl/α,β-unsaturated/α-hetero) is 2. The lowest BCUT2D eigenvalue weighted by molar-refractivity contribution is 0.0960. The molecule has 1 N–H and O–H groups in total. The first kappa shape index (κ1) is 26.6. The Kier molecular flexibility index (Phi) is 9.21. The van der Waals surface area contributed by atoms with E-state index in [4.69, 9.17) is 4.74 Å². The maximum absolute atomic E-state index is 13.2. The number of fused-ring (bicyclic) bond motifs is 1. The smallest absolute Gasteiger partial charge is 0.183 e. The molecule has 0 aliphatic rings. The Morgan fingerprint density at radius 3 is 2.54 bits per heavy atom. The molecule has 0 aliphatic heterocycles. The van der Waals surface area contributed by atoms with Crippen molar-refractivity contribution >= 4 is 22.5 Å². The lowest BCUT2D eigenvalue weighted by atomic mass is 9.94. The molecule has 0 spiro atoms. The molecule has 6 heteroatoms. The van der Waals surface area contributed by atoms with E-state index in [0.29, 0.717) is 37.1 Å². The Bertz CT molecular complexity index is 1180. The van der Waals surface area contributed by atoms with Gasteiger partial charge in [0, 0.05) is 30.3 Å². The maximum Gasteiger partial charge on any atom is 0.183 e. The minimum atomic E-state index is 0.00473. The summed E-state index contributed by atoms with van der Waals surface area (Å²) in [5.41, 5.74) is 5.17. The molecule has 0 bridgehead atoms. The van der Waals surface area contributed by atoms with Crippen molar-refractivity contribution in [3.8, 4) is 5.75 Å². The second-order valence-electron chi connectivity index (χ2n) is 10.0. The van der Waals surface area contributed by atoms with Gasteiger partial charge in [0.2, 0.25) is 0 Å². The quantitative estimate of drug-likeness (QED) is 0.248. The third-order valence-electron chi connectivity index (χ3n) is 6.26. The summed E-state index contributed by atoms with van der Waals surface area (Å²) in [4.78, 5) is 28.0. The molecule has 0 amide bonds. The third-order valence-corrected chi connectivity index (χ3v) is 6.26. The first-order chi connectivity index (χ1) is 16.7. The van der Waals surface area contributed by atoms with E-state index >= 15 is 0 Å². The number of carbonyl (C=O) groups is 2. The van der Waals surface area contributed by atoms with Crippen LogP contribution in [-0.2, 0) is 12.8 Å². The van der Waals surface area contributed by atoms with Crippen molar-refractivity contribution in [1.29, 1.82) is 0 Å². The zero-order valence-corrected chi connectivity index (χ0v) is 22.0. The molecule has 1 aromatic heterocycles. The monoisotopic (exact) mass is 477 g/mol. The zero-order chi connectivity index (χ0) is 25.5. The van der Waals surface area contributed by atoms with Gasteiger partial charge in [-0.2, -0.15) is 5.10 Å². The molecular formula is C29H39N3O3. The van der Waals surface area contributed by atoms with Gasteiger partial charge in [-0.1, -0.05) is 26.8 Å². The summed E-state index contributed by atoms with van der Waals surface area (Å²) in [6, 6.07) is 9.95. The van der Waals surface area contributed by atoms with Crippen LogP contribution in [0.15, 0.2) is 30.3 Å². The number of aryl methyl sites for hydroxylation is 3. The molecular weight excluding hydrogens is 438 g/mol. The minimum absolute atomic E-state index is 0.00473. The molecule has 0 unspecified atom stereocenters. The highest BCUT2D eigenvalue weighted by molar-refractivity contribution is 6.09. The number of rotatable bonds is 13. The van der Waals surface area contributed by atoms with Gasteiger partial charge in [-0.3, -0.25) is 14.7 Å². The predicted octanol–water partition coefficient (Wildman–Crippen LogP) is 5.81. The average Bonchev–Trinajstić information content (AvgIpc) is 3.22. The third kappa shape index (κ3) is 7.01. The molecule has 188 valence electrons. The van der Waals surface area contributed by atoms with Crippen LogP contribution in [0.3, 0.4) is 0 Å². The summed E-state index contributed by atoms with van der Waals surface area (Å²) in [6.45, 7) is 9.78. The number of ketones is 2. The largest absolute Gasteiger partial charge is 0.494 e. The standard InChI is InChI=1S/C29H39N3O3/c1-7-21-17-23(35-14-8-13-32(5)6)11-9-22(21)10-12-27(33)24-18-25-26(16-20(24)4)30-31-29(25)28(34)15-19(2)3/h9,11,16-19H,7-8,10,12-15H2,1-6H3,(H,30,31). The fraction of sp³-hybridized carbons (Fsp3) is 0.483. The minimum Gasteiger partial charge on any atom is -0.494 e. The van der Waals surface area contributed by atoms with Crippen LogP contribution in [0.5, 0.6) is 5.75 Å². The van der Waals surface area contributed by atoms with Gasteiger partial charge in [0.25, 0.3) is 0 Å². The molecule has 0 saturated carbocycles. The lowest BCUT2D eigenvalue weighted by Crippen LogP contribution is -2.15. The van der Waals surface area contributed by atoms with Gasteiger partial charge in [-0.25, -0.2) is 0 Å². The van der Waals surface area contributed by atoms with E-state index in [-0.39, 0.29) is 17.5 Å². The summed E-state index contributed by atoms with van der Waals surface area (Å²) < 4.78 is 5.92. The molecule has 6 nitrogen and oxygen atoms in total. The normalized spacial score (nSPS) is 11.5. The van der Waals surface area contributed by atoms with Crippen LogP contribution in [0.1, 0.15) is 77.6 Å². The maximum atomic E-state index is 13.2. The second-order valence-corrected chi connectivity index (χ2v) is 10.0. The second kappa shape index (κ2) is 12.1. The summed E-state index contributed by atoms with van der Waals surface area (Å²) in [6.07, 6.45) is 3.39. The van der Waals surface area contributed by atoms with E-state index in [1.807, 2.05) is 39.0 Å². The van der Waals surface area contributed by atoms with Crippen molar-refractivity contribution < 1.29 is 14.3 Å². The number of aromatic amines is 1. The summed E-state index contributed by atoms with van der Waals surface area (Å²) in [5, 5.41) is 7.94. The Labute approximate surface area is 209 Å². The summed E-state index contributed by atoms with van der Waals surface area (Å²) in [7, 11) is 4.12. The van der Waals surface area contributed by atoms with Gasteiger partial charge in [0.15, 0.2) is 11.6 Å². The number of nitrogens with one attached hydrogen (secondary N) is 1. The molecule has 35 heavy (non-hydrogen) atoms. The van der Waals surface area contributed by atoms with Gasteiger partial charge in [-0.15, -0.1) is 0 Å². The van der Waals surface area contributed by atoms with Crippen LogP contribution in [0, 0.1) is 12.8 Å². The molecule has 0 radical (unpaired) electrons. The van der Waals surface area contributed by atoms with Gasteiger partial charge in [0.05, 0.1) is 12.1 Å². The SMILES string of the molecule is CCc1cc(OCCCN(C)C)ccc1CCC(=O)c1cc2c(C(=O)CC(C)C)n[nH]c2cc1C. The summed E-state index contributed by atoms with van der Waals surface area (Å²) >= 11 is 0. The Balaban J connectivity index is 1.71. The van der Waals surface area contributed by atoms with Crippen molar-refractivity contribution in [3.63, 3.8) is 0 Å². The van der Waals surface area contributed by atoms with E-state index in [1.54, 1.807) is 0 Å². The number of aromatic nitrogens is 2. The number of nitrogens with zero attached hydrogens (tertiary/aromatic N) is 2. The van der Waals surface area contributed by atoms with Crippen LogP contribution in [-0.4, -0.2) is 53.9 Å². The van der Waals surface area contributed by atoms with Crippen molar-refractivity contribution in [1.82, 2.24) is 15.1 Å². The Hall–Kier alpha value is -2.99. The van der Waals surface area contributed by atoms with Crippen molar-refractivity contribution in [3.05, 3.63) is 58.3 Å². The molecule has 3 rings (SSSR count). The highest BCUT2D eigenvalue weighted by Crippen LogP contribution is 2.25. The van der Waals surface area contributed by atoms with E-state index < -0.39 is 0 Å². The Morgan fingerprint density at radius 2 is 1.86 bits per heavy atom. The molecule has 0 atom stereocenters. The van der Waals surface area contributed by atoms with E-state index in [2.05, 4.69) is 48.2 Å². The van der Waals surface area contributed by atoms with Gasteiger partial charge in [0.1, 0.15) is 11.4 Å².